The van der Waals surface area contributed by atoms with Crippen LogP contribution in [0, 0.1) is 0 Å². The third-order valence-electron chi connectivity index (χ3n) is 2.28. The highest BCUT2D eigenvalue weighted by atomic mass is 79.9. The number of nitrogens with one attached hydrogen (secondary N) is 1. The molecular formula is C11H10Br2N2O2S2. The van der Waals surface area contributed by atoms with E-state index in [1.807, 2.05) is 0 Å². The standard InChI is InChI=1S/C11H10Br2N2O2S2/c12-7-1-3-10(9(13)5-7)15-19(16,17)11-4-2-8(6-14)18-11/h1-5,15H,6,14H2. The molecule has 1 aromatic carbocycles. The molecule has 0 aliphatic heterocycles. The van der Waals surface area contributed by atoms with Crippen molar-refractivity contribution in [3.63, 3.8) is 0 Å². The van der Waals surface area contributed by atoms with Gasteiger partial charge in [0.25, 0.3) is 10.0 Å². The summed E-state index contributed by atoms with van der Waals surface area (Å²) in [5, 5.41) is 0. The number of thiophene rings is 1. The van der Waals surface area contributed by atoms with Gasteiger partial charge in [0.1, 0.15) is 4.21 Å². The molecule has 0 saturated heterocycles. The van der Waals surface area contributed by atoms with Gasteiger partial charge >= 0.3 is 0 Å². The zero-order valence-corrected chi connectivity index (χ0v) is 14.4. The molecule has 0 bridgehead atoms. The molecule has 19 heavy (non-hydrogen) atoms. The summed E-state index contributed by atoms with van der Waals surface area (Å²) in [6, 6.07) is 8.50. The summed E-state index contributed by atoms with van der Waals surface area (Å²) < 4.78 is 28.7. The van der Waals surface area contributed by atoms with Gasteiger partial charge in [-0.1, -0.05) is 15.9 Å². The van der Waals surface area contributed by atoms with E-state index in [1.54, 1.807) is 30.3 Å². The predicted molar refractivity (Wildman–Crippen MR) is 84.9 cm³/mol. The number of benzene rings is 1. The van der Waals surface area contributed by atoms with Crippen LogP contribution in [0.25, 0.3) is 0 Å². The Kier molecular flexibility index (Phi) is 4.67. The Morgan fingerprint density at radius 3 is 2.53 bits per heavy atom. The molecule has 0 saturated carbocycles. The molecule has 8 heteroatoms. The van der Waals surface area contributed by atoms with Crippen molar-refractivity contribution in [3.8, 4) is 0 Å². The Balaban J connectivity index is 2.30. The zero-order valence-electron chi connectivity index (χ0n) is 9.56. The maximum absolute atomic E-state index is 12.2. The van der Waals surface area contributed by atoms with E-state index in [4.69, 9.17) is 5.73 Å². The van der Waals surface area contributed by atoms with Crippen molar-refractivity contribution in [1.29, 1.82) is 0 Å². The number of rotatable bonds is 4. The fraction of sp³-hybridized carbons (Fsp3) is 0.0909. The van der Waals surface area contributed by atoms with Crippen LogP contribution in [0.1, 0.15) is 4.88 Å². The molecule has 3 N–H and O–H groups in total. The van der Waals surface area contributed by atoms with Crippen molar-refractivity contribution in [3.05, 3.63) is 44.2 Å². The van der Waals surface area contributed by atoms with E-state index in [0.29, 0.717) is 16.7 Å². The first-order valence-corrected chi connectivity index (χ1v) is 9.07. The first kappa shape index (κ1) is 15.0. The summed E-state index contributed by atoms with van der Waals surface area (Å²) >= 11 is 7.80. The van der Waals surface area contributed by atoms with Crippen LogP contribution in [-0.2, 0) is 16.6 Å². The van der Waals surface area contributed by atoms with Crippen molar-refractivity contribution >= 4 is 58.9 Å². The average molecular weight is 426 g/mol. The molecule has 1 aromatic heterocycles. The van der Waals surface area contributed by atoms with Gasteiger partial charge in [-0.25, -0.2) is 8.42 Å². The van der Waals surface area contributed by atoms with Gasteiger partial charge in [0.15, 0.2) is 0 Å². The smallest absolute Gasteiger partial charge is 0.271 e. The van der Waals surface area contributed by atoms with E-state index in [2.05, 4.69) is 36.6 Å². The molecule has 2 aromatic rings. The lowest BCUT2D eigenvalue weighted by atomic mass is 10.3. The summed E-state index contributed by atoms with van der Waals surface area (Å²) in [4.78, 5) is 0.829. The molecule has 102 valence electrons. The molecule has 0 aliphatic rings. The van der Waals surface area contributed by atoms with Crippen molar-refractivity contribution < 1.29 is 8.42 Å². The number of anilines is 1. The lowest BCUT2D eigenvalue weighted by Gasteiger charge is -2.08. The second-order valence-electron chi connectivity index (χ2n) is 3.65. The van der Waals surface area contributed by atoms with Gasteiger partial charge in [0, 0.05) is 20.4 Å². The first-order valence-electron chi connectivity index (χ1n) is 5.19. The normalized spacial score (nSPS) is 11.5. The SMILES string of the molecule is NCc1ccc(S(=O)(=O)Nc2ccc(Br)cc2Br)s1. The lowest BCUT2D eigenvalue weighted by Crippen LogP contribution is -2.11. The first-order chi connectivity index (χ1) is 8.92. The van der Waals surface area contributed by atoms with E-state index in [9.17, 15) is 8.42 Å². The maximum atomic E-state index is 12.2. The Bertz CT molecular complexity index is 698. The van der Waals surface area contributed by atoms with E-state index >= 15 is 0 Å². The Hall–Kier alpha value is -0.410. The maximum Gasteiger partial charge on any atom is 0.271 e. The molecule has 0 fully saturated rings. The molecule has 0 radical (unpaired) electrons. The molecule has 0 unspecified atom stereocenters. The number of hydrogen-bond acceptors (Lipinski definition) is 4. The number of hydrogen-bond donors (Lipinski definition) is 2. The number of sulfonamides is 1. The molecule has 0 aliphatic carbocycles. The van der Waals surface area contributed by atoms with Crippen LogP contribution in [0.15, 0.2) is 43.5 Å². The molecular weight excluding hydrogens is 416 g/mol. The van der Waals surface area contributed by atoms with E-state index in [0.717, 1.165) is 9.35 Å². The van der Waals surface area contributed by atoms with Crippen LogP contribution in [-0.4, -0.2) is 8.42 Å². The van der Waals surface area contributed by atoms with Gasteiger partial charge in [-0.2, -0.15) is 0 Å². The topological polar surface area (TPSA) is 72.2 Å². The Morgan fingerprint density at radius 1 is 1.21 bits per heavy atom. The molecule has 2 rings (SSSR count). The third kappa shape index (κ3) is 3.57. The minimum Gasteiger partial charge on any atom is -0.326 e. The summed E-state index contributed by atoms with van der Waals surface area (Å²) in [6.07, 6.45) is 0. The average Bonchev–Trinajstić information content (AvgIpc) is 2.82. The van der Waals surface area contributed by atoms with E-state index in [1.165, 1.54) is 11.3 Å². The monoisotopic (exact) mass is 424 g/mol. The molecule has 0 amide bonds. The van der Waals surface area contributed by atoms with Gasteiger partial charge in [-0.05, 0) is 46.3 Å². The van der Waals surface area contributed by atoms with Gasteiger partial charge < -0.3 is 5.73 Å². The highest BCUT2D eigenvalue weighted by Crippen LogP contribution is 2.29. The van der Waals surface area contributed by atoms with Crippen molar-refractivity contribution in [2.24, 2.45) is 5.73 Å². The Morgan fingerprint density at radius 2 is 1.95 bits per heavy atom. The molecule has 1 heterocycles. The Labute approximate surface area is 132 Å². The second-order valence-corrected chi connectivity index (χ2v) is 8.50. The number of nitrogens with two attached hydrogens (primary N) is 1. The van der Waals surface area contributed by atoms with Crippen molar-refractivity contribution in [2.75, 3.05) is 4.72 Å². The fourth-order valence-electron chi connectivity index (χ4n) is 1.38. The fourth-order valence-corrected chi connectivity index (χ4v) is 4.97. The van der Waals surface area contributed by atoms with Gasteiger partial charge in [-0.15, -0.1) is 11.3 Å². The van der Waals surface area contributed by atoms with E-state index in [-0.39, 0.29) is 4.21 Å². The largest absolute Gasteiger partial charge is 0.326 e. The van der Waals surface area contributed by atoms with Gasteiger partial charge in [0.05, 0.1) is 5.69 Å². The second kappa shape index (κ2) is 5.92. The molecule has 0 spiro atoms. The third-order valence-corrected chi connectivity index (χ3v) is 6.39. The summed E-state index contributed by atoms with van der Waals surface area (Å²) in [5.74, 6) is 0. The van der Waals surface area contributed by atoms with Crippen LogP contribution >= 0.6 is 43.2 Å². The minimum absolute atomic E-state index is 0.253. The van der Waals surface area contributed by atoms with Crippen LogP contribution in [0.5, 0.6) is 0 Å². The molecule has 0 atom stereocenters. The highest BCUT2D eigenvalue weighted by molar-refractivity contribution is 9.11. The highest BCUT2D eigenvalue weighted by Gasteiger charge is 2.17. The van der Waals surface area contributed by atoms with Crippen LogP contribution in [0.2, 0.25) is 0 Å². The number of halogens is 2. The minimum atomic E-state index is -3.57. The quantitative estimate of drug-likeness (QED) is 0.786. The van der Waals surface area contributed by atoms with Gasteiger partial charge in [-0.3, -0.25) is 4.72 Å². The molecule has 4 nitrogen and oxygen atoms in total. The van der Waals surface area contributed by atoms with Crippen LogP contribution in [0.4, 0.5) is 5.69 Å². The van der Waals surface area contributed by atoms with Gasteiger partial charge in [0.2, 0.25) is 0 Å². The van der Waals surface area contributed by atoms with Crippen molar-refractivity contribution in [1.82, 2.24) is 0 Å². The zero-order chi connectivity index (χ0) is 14.0. The van der Waals surface area contributed by atoms with Crippen molar-refractivity contribution in [2.45, 2.75) is 10.8 Å². The van der Waals surface area contributed by atoms with Crippen LogP contribution < -0.4 is 10.5 Å². The van der Waals surface area contributed by atoms with Crippen LogP contribution in [0.3, 0.4) is 0 Å². The predicted octanol–water partition coefficient (Wildman–Crippen LogP) is 3.53. The summed E-state index contributed by atoms with van der Waals surface area (Å²) in [7, 11) is -3.57. The summed E-state index contributed by atoms with van der Waals surface area (Å²) in [6.45, 7) is 0.335. The lowest BCUT2D eigenvalue weighted by molar-refractivity contribution is 0.603. The van der Waals surface area contributed by atoms with E-state index < -0.39 is 10.0 Å². The summed E-state index contributed by atoms with van der Waals surface area (Å²) in [5.41, 5.74) is 5.97.